The van der Waals surface area contributed by atoms with Gasteiger partial charge in [0.2, 0.25) is 0 Å². The van der Waals surface area contributed by atoms with E-state index in [9.17, 15) is 0 Å². The summed E-state index contributed by atoms with van der Waals surface area (Å²) in [4.78, 5) is 14.0. The van der Waals surface area contributed by atoms with E-state index in [1.807, 2.05) is 13.2 Å². The normalized spacial score (nSPS) is 22.2. The third-order valence-electron chi connectivity index (χ3n) is 6.55. The molecule has 0 amide bonds. The second kappa shape index (κ2) is 9.43. The Bertz CT molecular complexity index is 635. The molecular formula is C21H34IN5. The number of hydrogen-bond donors (Lipinski definition) is 1. The zero-order valence-electron chi connectivity index (χ0n) is 16.6. The summed E-state index contributed by atoms with van der Waals surface area (Å²) in [6, 6.07) is 4.35. The first-order valence-electron chi connectivity index (χ1n) is 10.4. The molecular weight excluding hydrogens is 449 g/mol. The van der Waals surface area contributed by atoms with Gasteiger partial charge in [0.05, 0.1) is 0 Å². The molecule has 3 aliphatic rings. The van der Waals surface area contributed by atoms with Crippen molar-refractivity contribution in [2.75, 3.05) is 38.1 Å². The van der Waals surface area contributed by atoms with E-state index in [2.05, 4.69) is 37.2 Å². The van der Waals surface area contributed by atoms with Gasteiger partial charge in [-0.05, 0) is 55.2 Å². The second-order valence-electron chi connectivity index (χ2n) is 8.35. The lowest BCUT2D eigenvalue weighted by molar-refractivity contribution is 0.203. The molecule has 1 aromatic heterocycles. The van der Waals surface area contributed by atoms with Crippen LogP contribution in [-0.2, 0) is 6.54 Å². The smallest absolute Gasteiger partial charge is 0.193 e. The summed E-state index contributed by atoms with van der Waals surface area (Å²) in [6.07, 6.45) is 12.9. The summed E-state index contributed by atoms with van der Waals surface area (Å²) in [5, 5.41) is 3.60. The van der Waals surface area contributed by atoms with Crippen molar-refractivity contribution in [3.8, 4) is 0 Å². The largest absolute Gasteiger partial charge is 0.357 e. The van der Waals surface area contributed by atoms with E-state index in [0.717, 1.165) is 38.0 Å². The van der Waals surface area contributed by atoms with Crippen molar-refractivity contribution in [3.05, 3.63) is 23.9 Å². The Balaban J connectivity index is 0.00000210. The minimum absolute atomic E-state index is 0. The minimum Gasteiger partial charge on any atom is -0.357 e. The van der Waals surface area contributed by atoms with Gasteiger partial charge < -0.3 is 15.1 Å². The van der Waals surface area contributed by atoms with Gasteiger partial charge in [0, 0.05) is 46.0 Å². The van der Waals surface area contributed by atoms with E-state index >= 15 is 0 Å². The fourth-order valence-corrected chi connectivity index (χ4v) is 5.03. The predicted molar refractivity (Wildman–Crippen MR) is 123 cm³/mol. The Kier molecular flexibility index (Phi) is 7.22. The lowest BCUT2D eigenvalue weighted by Crippen LogP contribution is -2.41. The molecule has 150 valence electrons. The molecule has 0 unspecified atom stereocenters. The van der Waals surface area contributed by atoms with Crippen LogP contribution in [0.2, 0.25) is 0 Å². The van der Waals surface area contributed by atoms with Gasteiger partial charge in [-0.1, -0.05) is 19.3 Å². The van der Waals surface area contributed by atoms with Crippen molar-refractivity contribution in [1.82, 2.24) is 15.2 Å². The molecule has 1 aromatic rings. The Morgan fingerprint density at radius 1 is 1.11 bits per heavy atom. The highest BCUT2D eigenvalue weighted by atomic mass is 127. The number of nitrogens with one attached hydrogen (secondary N) is 1. The molecule has 0 radical (unpaired) electrons. The van der Waals surface area contributed by atoms with Crippen LogP contribution in [0, 0.1) is 5.41 Å². The number of aromatic nitrogens is 1. The Labute approximate surface area is 181 Å². The van der Waals surface area contributed by atoms with Gasteiger partial charge in [-0.2, -0.15) is 0 Å². The molecule has 0 aromatic carbocycles. The van der Waals surface area contributed by atoms with Crippen molar-refractivity contribution in [1.29, 1.82) is 0 Å². The number of rotatable bonds is 3. The van der Waals surface area contributed by atoms with E-state index in [-0.39, 0.29) is 24.0 Å². The van der Waals surface area contributed by atoms with Gasteiger partial charge in [0.25, 0.3) is 0 Å². The number of hydrogen-bond acceptors (Lipinski definition) is 3. The zero-order valence-corrected chi connectivity index (χ0v) is 19.0. The molecule has 1 aliphatic carbocycles. The number of anilines is 1. The maximum absolute atomic E-state index is 4.57. The highest BCUT2D eigenvalue weighted by Crippen LogP contribution is 2.43. The van der Waals surface area contributed by atoms with Crippen LogP contribution in [0.15, 0.2) is 23.3 Å². The van der Waals surface area contributed by atoms with Crippen molar-refractivity contribution < 1.29 is 0 Å². The molecule has 1 spiro atoms. The third kappa shape index (κ3) is 4.87. The SMILES string of the molecule is CN=C(NCc1ccnc(N2CCCC2)c1)N1CCC2(CCCCC2)C1.I. The Morgan fingerprint density at radius 2 is 1.89 bits per heavy atom. The van der Waals surface area contributed by atoms with Gasteiger partial charge in [0.15, 0.2) is 5.96 Å². The molecule has 2 aliphatic heterocycles. The molecule has 27 heavy (non-hydrogen) atoms. The number of nitrogens with zero attached hydrogens (tertiary/aromatic N) is 4. The predicted octanol–water partition coefficient (Wildman–Crippen LogP) is 4.03. The van der Waals surface area contributed by atoms with Crippen LogP contribution in [0.1, 0.15) is 56.9 Å². The summed E-state index contributed by atoms with van der Waals surface area (Å²) in [5.74, 6) is 2.19. The third-order valence-corrected chi connectivity index (χ3v) is 6.55. The Morgan fingerprint density at radius 3 is 2.63 bits per heavy atom. The average molecular weight is 483 g/mol. The van der Waals surface area contributed by atoms with Crippen molar-refractivity contribution in [2.24, 2.45) is 10.4 Å². The van der Waals surface area contributed by atoms with E-state index in [0.29, 0.717) is 5.41 Å². The quantitative estimate of drug-likeness (QED) is 0.401. The van der Waals surface area contributed by atoms with E-state index < -0.39 is 0 Å². The van der Waals surface area contributed by atoms with Crippen LogP contribution in [0.3, 0.4) is 0 Å². The first kappa shape index (κ1) is 20.7. The van der Waals surface area contributed by atoms with E-state index in [4.69, 9.17) is 0 Å². The molecule has 6 heteroatoms. The minimum atomic E-state index is 0. The topological polar surface area (TPSA) is 43.8 Å². The fraction of sp³-hybridized carbons (Fsp3) is 0.714. The fourth-order valence-electron chi connectivity index (χ4n) is 5.03. The maximum atomic E-state index is 4.57. The first-order valence-corrected chi connectivity index (χ1v) is 10.4. The summed E-state index contributed by atoms with van der Waals surface area (Å²) in [6.45, 7) is 5.43. The van der Waals surface area contributed by atoms with Crippen LogP contribution in [-0.4, -0.2) is 49.1 Å². The van der Waals surface area contributed by atoms with Crippen LogP contribution < -0.4 is 10.2 Å². The van der Waals surface area contributed by atoms with Crippen molar-refractivity contribution in [2.45, 2.75) is 57.9 Å². The summed E-state index contributed by atoms with van der Waals surface area (Å²) in [7, 11) is 1.91. The number of halogens is 1. The maximum Gasteiger partial charge on any atom is 0.193 e. The van der Waals surface area contributed by atoms with Crippen molar-refractivity contribution in [3.63, 3.8) is 0 Å². The molecule has 3 fully saturated rings. The lowest BCUT2D eigenvalue weighted by atomic mass is 9.73. The van der Waals surface area contributed by atoms with Gasteiger partial charge in [-0.25, -0.2) is 4.98 Å². The molecule has 2 saturated heterocycles. The molecule has 3 heterocycles. The van der Waals surface area contributed by atoms with Gasteiger partial charge in [-0.15, -0.1) is 24.0 Å². The van der Waals surface area contributed by atoms with Crippen LogP contribution in [0.5, 0.6) is 0 Å². The van der Waals surface area contributed by atoms with Gasteiger partial charge in [0.1, 0.15) is 5.82 Å². The average Bonchev–Trinajstić information content (AvgIpc) is 3.34. The summed E-state index contributed by atoms with van der Waals surface area (Å²) < 4.78 is 0. The zero-order chi connectivity index (χ0) is 17.8. The number of pyridine rings is 1. The molecule has 5 nitrogen and oxygen atoms in total. The Hall–Kier alpha value is -1.05. The monoisotopic (exact) mass is 483 g/mol. The number of aliphatic imine (C=N–C) groups is 1. The molecule has 1 N–H and O–H groups in total. The lowest BCUT2D eigenvalue weighted by Gasteiger charge is -2.33. The van der Waals surface area contributed by atoms with E-state index in [1.54, 1.807) is 0 Å². The van der Waals surface area contributed by atoms with Gasteiger partial charge in [-0.3, -0.25) is 4.99 Å². The number of guanidine groups is 1. The summed E-state index contributed by atoms with van der Waals surface area (Å²) >= 11 is 0. The standard InChI is InChI=1S/C21H33N5.HI/c1-22-20(26-14-10-21(17-26)8-3-2-4-9-21)24-16-18-7-11-23-19(15-18)25-12-5-6-13-25;/h7,11,15H,2-6,8-10,12-14,16-17H2,1H3,(H,22,24);1H. The molecule has 4 rings (SSSR count). The molecule has 1 saturated carbocycles. The van der Waals surface area contributed by atoms with Crippen LogP contribution in [0.4, 0.5) is 5.82 Å². The van der Waals surface area contributed by atoms with Crippen LogP contribution in [0.25, 0.3) is 0 Å². The first-order chi connectivity index (χ1) is 12.8. The number of likely N-dealkylation sites (tertiary alicyclic amines) is 1. The second-order valence-corrected chi connectivity index (χ2v) is 8.35. The van der Waals surface area contributed by atoms with Crippen LogP contribution >= 0.6 is 24.0 Å². The highest BCUT2D eigenvalue weighted by Gasteiger charge is 2.39. The van der Waals surface area contributed by atoms with Gasteiger partial charge >= 0.3 is 0 Å². The van der Waals surface area contributed by atoms with E-state index in [1.165, 1.54) is 63.5 Å². The highest BCUT2D eigenvalue weighted by molar-refractivity contribution is 14.0. The molecule has 0 atom stereocenters. The van der Waals surface area contributed by atoms with Crippen molar-refractivity contribution >= 4 is 35.8 Å². The summed E-state index contributed by atoms with van der Waals surface area (Å²) in [5.41, 5.74) is 1.85. The molecule has 0 bridgehead atoms.